The fourth-order valence-electron chi connectivity index (χ4n) is 4.50. The number of nitrogens with two attached hydrogens (primary N) is 1. The Morgan fingerprint density at radius 1 is 0.944 bits per heavy atom. The highest BCUT2D eigenvalue weighted by molar-refractivity contribution is 6.07. The first-order valence-corrected chi connectivity index (χ1v) is 11.8. The molecule has 4 amide bonds. The SMILES string of the molecule is CNC(C)N(C(=O)N(c1ccc(C)cc1)C(C(N)=O)c1ccc(C)cc1)C1C(=O)Nc2ccccc21. The van der Waals surface area contributed by atoms with Gasteiger partial charge in [-0.05, 0) is 51.6 Å². The quantitative estimate of drug-likeness (QED) is 0.439. The predicted octanol–water partition coefficient (Wildman–Crippen LogP) is 4.02. The number of carbonyl (C=O) groups is 3. The topological polar surface area (TPSA) is 108 Å². The summed E-state index contributed by atoms with van der Waals surface area (Å²) in [6.45, 7) is 5.68. The van der Waals surface area contributed by atoms with E-state index in [1.165, 1.54) is 9.80 Å². The number of aryl methyl sites for hydroxylation is 2. The van der Waals surface area contributed by atoms with Gasteiger partial charge >= 0.3 is 6.03 Å². The van der Waals surface area contributed by atoms with E-state index in [1.54, 1.807) is 44.3 Å². The smallest absolute Gasteiger partial charge is 0.327 e. The zero-order chi connectivity index (χ0) is 26.0. The number of para-hydroxylation sites is 1. The van der Waals surface area contributed by atoms with Gasteiger partial charge in [0.25, 0.3) is 5.91 Å². The van der Waals surface area contributed by atoms with Gasteiger partial charge in [0.05, 0.1) is 6.17 Å². The monoisotopic (exact) mass is 485 g/mol. The van der Waals surface area contributed by atoms with Crippen molar-refractivity contribution in [3.05, 3.63) is 95.1 Å². The van der Waals surface area contributed by atoms with E-state index < -0.39 is 30.2 Å². The Labute approximate surface area is 211 Å². The molecular formula is C28H31N5O3. The molecule has 36 heavy (non-hydrogen) atoms. The summed E-state index contributed by atoms with van der Waals surface area (Å²) in [6, 6.07) is 19.4. The average molecular weight is 486 g/mol. The van der Waals surface area contributed by atoms with E-state index in [-0.39, 0.29) is 5.91 Å². The highest BCUT2D eigenvalue weighted by Gasteiger charge is 2.44. The number of primary amides is 1. The first-order valence-electron chi connectivity index (χ1n) is 11.8. The first kappa shape index (κ1) is 24.9. The summed E-state index contributed by atoms with van der Waals surface area (Å²) in [5, 5.41) is 5.95. The minimum atomic E-state index is -1.09. The molecule has 1 aliphatic rings. The Morgan fingerprint density at radius 2 is 1.53 bits per heavy atom. The van der Waals surface area contributed by atoms with Crippen molar-refractivity contribution in [3.8, 4) is 0 Å². The molecule has 3 atom stereocenters. The molecule has 0 fully saturated rings. The lowest BCUT2D eigenvalue weighted by Crippen LogP contribution is -2.56. The van der Waals surface area contributed by atoms with E-state index in [2.05, 4.69) is 10.6 Å². The second-order valence-corrected chi connectivity index (χ2v) is 9.05. The molecule has 0 saturated heterocycles. The van der Waals surface area contributed by atoms with Crippen LogP contribution in [0.25, 0.3) is 0 Å². The maximum Gasteiger partial charge on any atom is 0.327 e. The highest BCUT2D eigenvalue weighted by atomic mass is 16.2. The molecule has 0 aliphatic carbocycles. The van der Waals surface area contributed by atoms with Gasteiger partial charge in [-0.15, -0.1) is 0 Å². The average Bonchev–Trinajstić information content (AvgIpc) is 3.19. The third-order valence-corrected chi connectivity index (χ3v) is 6.53. The zero-order valence-corrected chi connectivity index (χ0v) is 20.9. The van der Waals surface area contributed by atoms with Crippen LogP contribution in [-0.2, 0) is 9.59 Å². The Hall–Kier alpha value is -4.17. The molecule has 0 spiro atoms. The summed E-state index contributed by atoms with van der Waals surface area (Å²) in [7, 11) is 1.71. The lowest BCUT2D eigenvalue weighted by Gasteiger charge is -2.40. The van der Waals surface area contributed by atoms with Gasteiger partial charge < -0.3 is 16.4 Å². The third-order valence-electron chi connectivity index (χ3n) is 6.53. The summed E-state index contributed by atoms with van der Waals surface area (Å²) in [6.07, 6.45) is -0.543. The van der Waals surface area contributed by atoms with Gasteiger partial charge in [0, 0.05) is 16.9 Å². The van der Waals surface area contributed by atoms with E-state index >= 15 is 0 Å². The summed E-state index contributed by atoms with van der Waals surface area (Å²) < 4.78 is 0. The van der Waals surface area contributed by atoms with Crippen LogP contribution >= 0.6 is 0 Å². The maximum atomic E-state index is 14.5. The first-order chi connectivity index (χ1) is 17.2. The zero-order valence-electron chi connectivity index (χ0n) is 20.9. The van der Waals surface area contributed by atoms with Crippen molar-refractivity contribution in [2.75, 3.05) is 17.3 Å². The fourth-order valence-corrected chi connectivity index (χ4v) is 4.50. The Kier molecular flexibility index (Phi) is 7.07. The lowest BCUT2D eigenvalue weighted by atomic mass is 10.0. The van der Waals surface area contributed by atoms with Crippen molar-refractivity contribution >= 4 is 29.2 Å². The molecule has 3 aromatic rings. The van der Waals surface area contributed by atoms with Crippen LogP contribution in [0, 0.1) is 13.8 Å². The number of fused-ring (bicyclic) bond motifs is 1. The summed E-state index contributed by atoms with van der Waals surface area (Å²) in [4.78, 5) is 43.4. The number of nitrogens with one attached hydrogen (secondary N) is 2. The summed E-state index contributed by atoms with van der Waals surface area (Å²) in [5.74, 6) is -0.998. The van der Waals surface area contributed by atoms with Crippen LogP contribution in [0.2, 0.25) is 0 Å². The number of urea groups is 1. The van der Waals surface area contributed by atoms with Crippen molar-refractivity contribution in [1.29, 1.82) is 0 Å². The van der Waals surface area contributed by atoms with Crippen LogP contribution < -0.4 is 21.3 Å². The highest BCUT2D eigenvalue weighted by Crippen LogP contribution is 2.38. The fraction of sp³-hybridized carbons (Fsp3) is 0.250. The molecular weight excluding hydrogens is 454 g/mol. The molecule has 4 N–H and O–H groups in total. The van der Waals surface area contributed by atoms with Gasteiger partial charge in [-0.2, -0.15) is 0 Å². The molecule has 0 aromatic heterocycles. The molecule has 8 nitrogen and oxygen atoms in total. The third kappa shape index (κ3) is 4.67. The molecule has 1 heterocycles. The van der Waals surface area contributed by atoms with Crippen LogP contribution in [0.4, 0.5) is 16.2 Å². The summed E-state index contributed by atoms with van der Waals surface area (Å²) >= 11 is 0. The van der Waals surface area contributed by atoms with Gasteiger partial charge in [0.15, 0.2) is 0 Å². The van der Waals surface area contributed by atoms with Crippen molar-refractivity contribution < 1.29 is 14.4 Å². The summed E-state index contributed by atoms with van der Waals surface area (Å²) in [5.41, 5.74) is 10.4. The largest absolute Gasteiger partial charge is 0.368 e. The lowest BCUT2D eigenvalue weighted by molar-refractivity contribution is -0.120. The van der Waals surface area contributed by atoms with Gasteiger partial charge in [-0.3, -0.25) is 19.4 Å². The van der Waals surface area contributed by atoms with Gasteiger partial charge in [-0.25, -0.2) is 4.79 Å². The molecule has 0 bridgehead atoms. The normalized spacial score (nSPS) is 16.0. The van der Waals surface area contributed by atoms with Crippen LogP contribution in [0.15, 0.2) is 72.8 Å². The Bertz CT molecular complexity index is 1270. The van der Waals surface area contributed by atoms with Crippen LogP contribution in [0.1, 0.15) is 41.3 Å². The van der Waals surface area contributed by atoms with Crippen molar-refractivity contribution in [3.63, 3.8) is 0 Å². The van der Waals surface area contributed by atoms with Crippen molar-refractivity contribution in [1.82, 2.24) is 10.2 Å². The number of carbonyl (C=O) groups excluding carboxylic acids is 3. The Morgan fingerprint density at radius 3 is 2.11 bits per heavy atom. The molecule has 3 aromatic carbocycles. The Balaban J connectivity index is 1.88. The second-order valence-electron chi connectivity index (χ2n) is 9.05. The predicted molar refractivity (Wildman–Crippen MR) is 140 cm³/mol. The minimum Gasteiger partial charge on any atom is -0.368 e. The molecule has 186 valence electrons. The van der Waals surface area contributed by atoms with Crippen LogP contribution in [0.5, 0.6) is 0 Å². The number of nitrogens with zero attached hydrogens (tertiary/aromatic N) is 2. The van der Waals surface area contributed by atoms with Crippen molar-refractivity contribution in [2.45, 2.75) is 39.0 Å². The van der Waals surface area contributed by atoms with E-state index in [0.29, 0.717) is 22.5 Å². The number of benzene rings is 3. The minimum absolute atomic E-state index is 0.318. The van der Waals surface area contributed by atoms with Gasteiger partial charge in [0.2, 0.25) is 5.91 Å². The number of hydrogen-bond donors (Lipinski definition) is 3. The second kappa shape index (κ2) is 10.2. The molecule has 1 aliphatic heterocycles. The molecule has 8 heteroatoms. The van der Waals surface area contributed by atoms with Gasteiger partial charge in [0.1, 0.15) is 12.1 Å². The molecule has 4 rings (SSSR count). The number of anilines is 2. The number of hydrogen-bond acceptors (Lipinski definition) is 4. The maximum absolute atomic E-state index is 14.5. The van der Waals surface area contributed by atoms with E-state index in [0.717, 1.165) is 11.1 Å². The van der Waals surface area contributed by atoms with E-state index in [9.17, 15) is 14.4 Å². The number of rotatable bonds is 7. The van der Waals surface area contributed by atoms with E-state index in [1.807, 2.05) is 56.3 Å². The van der Waals surface area contributed by atoms with Crippen LogP contribution in [0.3, 0.4) is 0 Å². The van der Waals surface area contributed by atoms with E-state index in [4.69, 9.17) is 5.73 Å². The molecule has 0 saturated carbocycles. The van der Waals surface area contributed by atoms with Crippen molar-refractivity contribution in [2.24, 2.45) is 5.73 Å². The standard InChI is InChI=1S/C28H31N5O3/c1-17-9-13-20(14-10-17)24(26(29)34)33(21-15-11-18(2)12-16-21)28(36)32(19(3)30-4)25-22-7-5-6-8-23(22)31-27(25)35/h5-16,19,24-25,30H,1-4H3,(H2,29,34)(H,31,35). The molecule has 0 radical (unpaired) electrons. The van der Waals surface area contributed by atoms with Crippen LogP contribution in [-0.4, -0.2) is 36.0 Å². The van der Waals surface area contributed by atoms with Gasteiger partial charge in [-0.1, -0.05) is 65.7 Å². The molecule has 3 unspecified atom stereocenters. The number of amides is 4.